The van der Waals surface area contributed by atoms with E-state index >= 15 is 0 Å². The molecule has 0 aromatic heterocycles. The Bertz CT molecular complexity index is 162. The van der Waals surface area contributed by atoms with Gasteiger partial charge in [0, 0.05) is 26.3 Å². The summed E-state index contributed by atoms with van der Waals surface area (Å²) in [5, 5.41) is 12.8. The first-order chi connectivity index (χ1) is 7.22. The molecule has 1 rings (SSSR count). The highest BCUT2D eigenvalue weighted by molar-refractivity contribution is 4.72. The molecule has 4 heteroatoms. The number of hydrogen-bond acceptors (Lipinski definition) is 4. The van der Waals surface area contributed by atoms with Gasteiger partial charge in [0.05, 0.1) is 19.3 Å². The lowest BCUT2D eigenvalue weighted by molar-refractivity contribution is 0.0299. The van der Waals surface area contributed by atoms with E-state index < -0.39 is 6.10 Å². The molecule has 1 fully saturated rings. The van der Waals surface area contributed by atoms with Gasteiger partial charge in [0.25, 0.3) is 0 Å². The van der Waals surface area contributed by atoms with Crippen LogP contribution in [0.15, 0.2) is 0 Å². The summed E-state index contributed by atoms with van der Waals surface area (Å²) in [6, 6.07) is 0.271. The number of hydrogen-bond donors (Lipinski definition) is 2. The Kier molecular flexibility index (Phi) is 6.17. The van der Waals surface area contributed by atoms with E-state index in [9.17, 15) is 5.11 Å². The van der Waals surface area contributed by atoms with Crippen LogP contribution in [0.1, 0.15) is 19.8 Å². The maximum atomic E-state index is 9.57. The fourth-order valence-electron chi connectivity index (χ4n) is 1.36. The highest BCUT2D eigenvalue weighted by Gasteiger charge is 2.21. The molecule has 0 radical (unpaired) electrons. The third-order valence-corrected chi connectivity index (χ3v) is 2.48. The van der Waals surface area contributed by atoms with Crippen molar-refractivity contribution < 1.29 is 14.6 Å². The third-order valence-electron chi connectivity index (χ3n) is 2.48. The van der Waals surface area contributed by atoms with Crippen LogP contribution in [0.25, 0.3) is 0 Å². The van der Waals surface area contributed by atoms with Gasteiger partial charge in [-0.3, -0.25) is 0 Å². The number of aliphatic hydroxyl groups excluding tert-OH is 1. The highest BCUT2D eigenvalue weighted by Crippen LogP contribution is 2.28. The van der Waals surface area contributed by atoms with Crippen LogP contribution in [0.2, 0.25) is 0 Å². The molecule has 4 nitrogen and oxygen atoms in total. The molecule has 0 bridgehead atoms. The van der Waals surface area contributed by atoms with Crippen molar-refractivity contribution in [2.75, 3.05) is 33.5 Å². The second-order valence-corrected chi connectivity index (χ2v) is 4.40. The van der Waals surface area contributed by atoms with Crippen molar-refractivity contribution in [2.45, 2.75) is 31.9 Å². The molecule has 15 heavy (non-hydrogen) atoms. The van der Waals surface area contributed by atoms with Crippen LogP contribution < -0.4 is 5.32 Å². The Morgan fingerprint density at radius 2 is 2.13 bits per heavy atom. The molecule has 0 aromatic carbocycles. The predicted octanol–water partition coefficient (Wildman–Crippen LogP) is 0.398. The Hall–Kier alpha value is -0.160. The Labute approximate surface area is 92.0 Å². The molecule has 0 aliphatic heterocycles. The van der Waals surface area contributed by atoms with Crippen molar-refractivity contribution in [2.24, 2.45) is 5.92 Å². The average molecular weight is 217 g/mol. The van der Waals surface area contributed by atoms with Gasteiger partial charge in [0.2, 0.25) is 0 Å². The monoisotopic (exact) mass is 217 g/mol. The smallest absolute Gasteiger partial charge is 0.0897 e. The molecule has 90 valence electrons. The Morgan fingerprint density at radius 3 is 2.73 bits per heavy atom. The minimum Gasteiger partial charge on any atom is -0.389 e. The van der Waals surface area contributed by atoms with Gasteiger partial charge >= 0.3 is 0 Å². The van der Waals surface area contributed by atoms with E-state index in [-0.39, 0.29) is 6.04 Å². The molecule has 0 amide bonds. The molecule has 0 heterocycles. The fraction of sp³-hybridized carbons (Fsp3) is 1.00. The van der Waals surface area contributed by atoms with Gasteiger partial charge < -0.3 is 19.9 Å². The van der Waals surface area contributed by atoms with Crippen LogP contribution in [0.3, 0.4) is 0 Å². The molecule has 2 atom stereocenters. The Balaban J connectivity index is 1.89. The summed E-state index contributed by atoms with van der Waals surface area (Å²) in [4.78, 5) is 0. The molecule has 0 saturated heterocycles. The quantitative estimate of drug-likeness (QED) is 0.587. The average Bonchev–Trinajstić information content (AvgIpc) is 2.99. The molecule has 0 spiro atoms. The molecule has 1 aliphatic carbocycles. The van der Waals surface area contributed by atoms with E-state index in [4.69, 9.17) is 9.47 Å². The maximum Gasteiger partial charge on any atom is 0.0897 e. The molecule has 2 N–H and O–H groups in total. The van der Waals surface area contributed by atoms with E-state index in [1.165, 1.54) is 12.8 Å². The SMILES string of the molecule is COCC(C)NCC(O)COCC1CC1. The number of nitrogens with one attached hydrogen (secondary N) is 1. The van der Waals surface area contributed by atoms with Crippen molar-refractivity contribution in [3.05, 3.63) is 0 Å². The van der Waals surface area contributed by atoms with Crippen molar-refractivity contribution in [1.29, 1.82) is 0 Å². The highest BCUT2D eigenvalue weighted by atomic mass is 16.5. The van der Waals surface area contributed by atoms with E-state index in [1.54, 1.807) is 7.11 Å². The molecule has 1 aliphatic rings. The van der Waals surface area contributed by atoms with Gasteiger partial charge in [-0.15, -0.1) is 0 Å². The standard InChI is InChI=1S/C11H23NO3/c1-9(6-14-2)12-5-11(13)8-15-7-10-3-4-10/h9-13H,3-8H2,1-2H3. The third kappa shape index (κ3) is 6.84. The summed E-state index contributed by atoms with van der Waals surface area (Å²) >= 11 is 0. The molecule has 2 unspecified atom stereocenters. The minimum absolute atomic E-state index is 0.271. The fourth-order valence-corrected chi connectivity index (χ4v) is 1.36. The number of aliphatic hydroxyl groups is 1. The van der Waals surface area contributed by atoms with Crippen molar-refractivity contribution >= 4 is 0 Å². The van der Waals surface area contributed by atoms with Gasteiger partial charge in [-0.1, -0.05) is 0 Å². The summed E-state index contributed by atoms with van der Waals surface area (Å²) in [7, 11) is 1.67. The predicted molar refractivity (Wildman–Crippen MR) is 58.9 cm³/mol. The summed E-state index contributed by atoms with van der Waals surface area (Å²) in [5.41, 5.74) is 0. The topological polar surface area (TPSA) is 50.7 Å². The van der Waals surface area contributed by atoms with Crippen molar-refractivity contribution in [3.8, 4) is 0 Å². The summed E-state index contributed by atoms with van der Waals surface area (Å²) in [6.45, 7) is 4.50. The summed E-state index contributed by atoms with van der Waals surface area (Å²) < 4.78 is 10.4. The Morgan fingerprint density at radius 1 is 1.40 bits per heavy atom. The zero-order valence-corrected chi connectivity index (χ0v) is 9.74. The minimum atomic E-state index is -0.414. The zero-order chi connectivity index (χ0) is 11.1. The normalized spacial score (nSPS) is 20.2. The molecular weight excluding hydrogens is 194 g/mol. The lowest BCUT2D eigenvalue weighted by Gasteiger charge is -2.16. The van der Waals surface area contributed by atoms with E-state index in [0.717, 1.165) is 12.5 Å². The lowest BCUT2D eigenvalue weighted by atomic mass is 10.3. The van der Waals surface area contributed by atoms with Gasteiger partial charge in [0.1, 0.15) is 0 Å². The van der Waals surface area contributed by atoms with Crippen LogP contribution in [0, 0.1) is 5.92 Å². The van der Waals surface area contributed by atoms with Crippen LogP contribution in [0.4, 0.5) is 0 Å². The van der Waals surface area contributed by atoms with Gasteiger partial charge in [-0.25, -0.2) is 0 Å². The molecule has 1 saturated carbocycles. The van der Waals surface area contributed by atoms with Gasteiger partial charge in [0.15, 0.2) is 0 Å². The van der Waals surface area contributed by atoms with Crippen LogP contribution in [0.5, 0.6) is 0 Å². The summed E-state index contributed by atoms with van der Waals surface area (Å²) in [5.74, 6) is 0.762. The molecular formula is C11H23NO3. The van der Waals surface area contributed by atoms with E-state index in [0.29, 0.717) is 19.8 Å². The lowest BCUT2D eigenvalue weighted by Crippen LogP contribution is -2.38. The summed E-state index contributed by atoms with van der Waals surface area (Å²) in [6.07, 6.45) is 2.17. The first kappa shape index (κ1) is 12.9. The van der Waals surface area contributed by atoms with Crippen molar-refractivity contribution in [3.63, 3.8) is 0 Å². The largest absolute Gasteiger partial charge is 0.389 e. The number of methoxy groups -OCH3 is 1. The maximum absolute atomic E-state index is 9.57. The van der Waals surface area contributed by atoms with Crippen LogP contribution in [-0.2, 0) is 9.47 Å². The number of rotatable bonds is 9. The zero-order valence-electron chi connectivity index (χ0n) is 9.74. The number of ether oxygens (including phenoxy) is 2. The van der Waals surface area contributed by atoms with Gasteiger partial charge in [-0.05, 0) is 25.7 Å². The second-order valence-electron chi connectivity index (χ2n) is 4.40. The molecule has 0 aromatic rings. The van der Waals surface area contributed by atoms with Crippen LogP contribution in [-0.4, -0.2) is 50.7 Å². The first-order valence-electron chi connectivity index (χ1n) is 5.70. The second kappa shape index (κ2) is 7.17. The van der Waals surface area contributed by atoms with E-state index in [2.05, 4.69) is 5.32 Å². The van der Waals surface area contributed by atoms with Gasteiger partial charge in [-0.2, -0.15) is 0 Å². The van der Waals surface area contributed by atoms with Crippen molar-refractivity contribution in [1.82, 2.24) is 5.32 Å². The first-order valence-corrected chi connectivity index (χ1v) is 5.70. The van der Waals surface area contributed by atoms with E-state index in [1.807, 2.05) is 6.92 Å². The van der Waals surface area contributed by atoms with Crippen LogP contribution >= 0.6 is 0 Å².